The molecular formula is C17H22N4O3S. The van der Waals surface area contributed by atoms with Gasteiger partial charge in [0, 0.05) is 54.6 Å². The monoisotopic (exact) mass is 362 g/mol. The maximum atomic E-state index is 12.3. The van der Waals surface area contributed by atoms with Crippen molar-refractivity contribution in [3.63, 3.8) is 0 Å². The van der Waals surface area contributed by atoms with Crippen molar-refractivity contribution in [3.05, 3.63) is 29.8 Å². The molecule has 3 rings (SSSR count). The molecule has 25 heavy (non-hydrogen) atoms. The van der Waals surface area contributed by atoms with Crippen molar-refractivity contribution in [2.75, 3.05) is 37.5 Å². The van der Waals surface area contributed by atoms with Gasteiger partial charge in [0.15, 0.2) is 5.13 Å². The van der Waals surface area contributed by atoms with Gasteiger partial charge in [-0.2, -0.15) is 0 Å². The second-order valence-corrected chi connectivity index (χ2v) is 6.65. The lowest BCUT2D eigenvalue weighted by molar-refractivity contribution is 0.246. The maximum Gasteiger partial charge on any atom is 0.319 e. The molecule has 1 aliphatic heterocycles. The lowest BCUT2D eigenvalue weighted by Crippen LogP contribution is -2.46. The van der Waals surface area contributed by atoms with E-state index in [-0.39, 0.29) is 12.1 Å². The average molecular weight is 362 g/mol. The van der Waals surface area contributed by atoms with Gasteiger partial charge < -0.3 is 25.0 Å². The van der Waals surface area contributed by atoms with E-state index in [0.717, 1.165) is 31.1 Å². The zero-order valence-corrected chi connectivity index (χ0v) is 15.1. The van der Waals surface area contributed by atoms with Crippen LogP contribution in [0.5, 0.6) is 11.5 Å². The number of anilines is 2. The number of nitrogens with one attached hydrogen (secondary N) is 2. The Bertz CT molecular complexity index is 678. The summed E-state index contributed by atoms with van der Waals surface area (Å²) in [6.07, 6.45) is 3.61. The van der Waals surface area contributed by atoms with Crippen LogP contribution in [0.15, 0.2) is 29.8 Å². The lowest BCUT2D eigenvalue weighted by atomic mass is 10.1. The minimum atomic E-state index is -0.219. The Balaban J connectivity index is 1.52. The van der Waals surface area contributed by atoms with Crippen LogP contribution in [0.1, 0.15) is 12.8 Å². The molecule has 1 aromatic heterocycles. The first-order valence-electron chi connectivity index (χ1n) is 8.13. The highest BCUT2D eigenvalue weighted by Gasteiger charge is 2.22. The third-order valence-corrected chi connectivity index (χ3v) is 4.96. The molecule has 7 nitrogen and oxygen atoms in total. The van der Waals surface area contributed by atoms with E-state index >= 15 is 0 Å². The third kappa shape index (κ3) is 4.54. The molecule has 1 fully saturated rings. The van der Waals surface area contributed by atoms with E-state index in [0.29, 0.717) is 17.2 Å². The van der Waals surface area contributed by atoms with Gasteiger partial charge in [-0.3, -0.25) is 0 Å². The molecule has 1 aromatic carbocycles. The van der Waals surface area contributed by atoms with Crippen molar-refractivity contribution in [2.24, 2.45) is 0 Å². The number of urea groups is 1. The molecule has 8 heteroatoms. The molecule has 1 saturated heterocycles. The highest BCUT2D eigenvalue weighted by atomic mass is 32.1. The Hall–Kier alpha value is -2.48. The molecule has 0 bridgehead atoms. The van der Waals surface area contributed by atoms with Crippen LogP contribution in [-0.4, -0.2) is 44.4 Å². The second-order valence-electron chi connectivity index (χ2n) is 5.78. The Morgan fingerprint density at radius 2 is 1.88 bits per heavy atom. The zero-order chi connectivity index (χ0) is 17.6. The van der Waals surface area contributed by atoms with Crippen LogP contribution in [0.3, 0.4) is 0 Å². The van der Waals surface area contributed by atoms with E-state index in [2.05, 4.69) is 20.5 Å². The average Bonchev–Trinajstić information content (AvgIpc) is 3.16. The first-order valence-corrected chi connectivity index (χ1v) is 9.01. The quantitative estimate of drug-likeness (QED) is 0.855. The van der Waals surface area contributed by atoms with Gasteiger partial charge in [0.25, 0.3) is 0 Å². The lowest BCUT2D eigenvalue weighted by Gasteiger charge is -2.32. The van der Waals surface area contributed by atoms with E-state index in [1.807, 2.05) is 11.6 Å². The van der Waals surface area contributed by atoms with Gasteiger partial charge in [-0.15, -0.1) is 11.3 Å². The molecule has 0 radical (unpaired) electrons. The molecule has 134 valence electrons. The van der Waals surface area contributed by atoms with Crippen LogP contribution in [0.2, 0.25) is 0 Å². The van der Waals surface area contributed by atoms with E-state index in [1.54, 1.807) is 43.8 Å². The zero-order valence-electron chi connectivity index (χ0n) is 14.3. The Kier molecular flexibility index (Phi) is 5.60. The van der Waals surface area contributed by atoms with Gasteiger partial charge in [-0.1, -0.05) is 0 Å². The summed E-state index contributed by atoms with van der Waals surface area (Å²) in [4.78, 5) is 18.9. The standard InChI is InChI=1S/C17H22N4O3S/c1-23-14-9-13(10-15(11-14)24-2)20-16(22)19-12-3-6-21(7-4-12)17-18-5-8-25-17/h5,8-12H,3-4,6-7H2,1-2H3,(H2,19,20,22). The molecule has 0 unspecified atom stereocenters. The van der Waals surface area contributed by atoms with E-state index < -0.39 is 0 Å². The van der Waals surface area contributed by atoms with Gasteiger partial charge >= 0.3 is 6.03 Å². The molecule has 0 aliphatic carbocycles. The third-order valence-electron chi connectivity index (χ3n) is 4.13. The molecule has 2 aromatic rings. The summed E-state index contributed by atoms with van der Waals surface area (Å²) in [6.45, 7) is 1.79. The summed E-state index contributed by atoms with van der Waals surface area (Å²) in [5, 5.41) is 8.91. The van der Waals surface area contributed by atoms with Crippen molar-refractivity contribution in [3.8, 4) is 11.5 Å². The summed E-state index contributed by atoms with van der Waals surface area (Å²) in [7, 11) is 3.16. The number of benzene rings is 1. The summed E-state index contributed by atoms with van der Waals surface area (Å²) in [5.74, 6) is 1.26. The van der Waals surface area contributed by atoms with E-state index in [1.165, 1.54) is 0 Å². The van der Waals surface area contributed by atoms with Gasteiger partial charge in [-0.05, 0) is 12.8 Å². The first kappa shape index (κ1) is 17.3. The van der Waals surface area contributed by atoms with Crippen molar-refractivity contribution in [1.82, 2.24) is 10.3 Å². The first-order chi connectivity index (χ1) is 12.2. The van der Waals surface area contributed by atoms with Gasteiger partial charge in [-0.25, -0.2) is 9.78 Å². The number of rotatable bonds is 5. The Morgan fingerprint density at radius 1 is 1.20 bits per heavy atom. The fourth-order valence-electron chi connectivity index (χ4n) is 2.82. The molecular weight excluding hydrogens is 340 g/mol. The summed E-state index contributed by atoms with van der Waals surface area (Å²) in [5.41, 5.74) is 0.633. The fourth-order valence-corrected chi connectivity index (χ4v) is 3.52. The predicted octanol–water partition coefficient (Wildman–Crippen LogP) is 2.95. The number of ether oxygens (including phenoxy) is 2. The number of hydrogen-bond acceptors (Lipinski definition) is 6. The summed E-state index contributed by atoms with van der Waals surface area (Å²) < 4.78 is 10.4. The number of carbonyl (C=O) groups excluding carboxylic acids is 1. The molecule has 2 heterocycles. The molecule has 0 saturated carbocycles. The van der Waals surface area contributed by atoms with E-state index in [9.17, 15) is 4.79 Å². The molecule has 0 spiro atoms. The number of carbonyl (C=O) groups is 1. The number of nitrogens with zero attached hydrogens (tertiary/aromatic N) is 2. The molecule has 2 amide bonds. The highest BCUT2D eigenvalue weighted by molar-refractivity contribution is 7.13. The van der Waals surface area contributed by atoms with Gasteiger partial charge in [0.2, 0.25) is 0 Å². The molecule has 1 aliphatic rings. The normalized spacial score (nSPS) is 14.9. The molecule has 2 N–H and O–H groups in total. The van der Waals surface area contributed by atoms with Crippen LogP contribution in [-0.2, 0) is 0 Å². The van der Waals surface area contributed by atoms with Crippen LogP contribution < -0.4 is 25.0 Å². The van der Waals surface area contributed by atoms with Crippen LogP contribution in [0, 0.1) is 0 Å². The van der Waals surface area contributed by atoms with Crippen LogP contribution in [0.25, 0.3) is 0 Å². The summed E-state index contributed by atoms with van der Waals surface area (Å²) in [6, 6.07) is 5.21. The van der Waals surface area contributed by atoms with Crippen molar-refractivity contribution < 1.29 is 14.3 Å². The predicted molar refractivity (Wildman–Crippen MR) is 99.0 cm³/mol. The number of amides is 2. The fraction of sp³-hybridized carbons (Fsp3) is 0.412. The number of piperidine rings is 1. The van der Waals surface area contributed by atoms with Crippen molar-refractivity contribution in [2.45, 2.75) is 18.9 Å². The Morgan fingerprint density at radius 3 is 2.44 bits per heavy atom. The molecule has 0 atom stereocenters. The number of hydrogen-bond donors (Lipinski definition) is 2. The van der Waals surface area contributed by atoms with Crippen molar-refractivity contribution in [1.29, 1.82) is 0 Å². The maximum absolute atomic E-state index is 12.3. The van der Waals surface area contributed by atoms with Crippen LogP contribution >= 0.6 is 11.3 Å². The van der Waals surface area contributed by atoms with E-state index in [4.69, 9.17) is 9.47 Å². The second kappa shape index (κ2) is 8.06. The summed E-state index contributed by atoms with van der Waals surface area (Å²) >= 11 is 1.64. The van der Waals surface area contributed by atoms with Gasteiger partial charge in [0.1, 0.15) is 11.5 Å². The van der Waals surface area contributed by atoms with Crippen molar-refractivity contribution >= 4 is 28.2 Å². The highest BCUT2D eigenvalue weighted by Crippen LogP contribution is 2.26. The van der Waals surface area contributed by atoms with Crippen LogP contribution in [0.4, 0.5) is 15.6 Å². The minimum absolute atomic E-state index is 0.156. The SMILES string of the molecule is COc1cc(NC(=O)NC2CCN(c3nccs3)CC2)cc(OC)c1. The number of methoxy groups -OCH3 is 2. The number of aromatic nitrogens is 1. The smallest absolute Gasteiger partial charge is 0.319 e. The largest absolute Gasteiger partial charge is 0.497 e. The minimum Gasteiger partial charge on any atom is -0.497 e. The number of thiazole rings is 1. The van der Waals surface area contributed by atoms with Gasteiger partial charge in [0.05, 0.1) is 14.2 Å². The topological polar surface area (TPSA) is 75.7 Å². The Labute approximate surface area is 151 Å².